The zero-order valence-corrected chi connectivity index (χ0v) is 8.51. The third-order valence-electron chi connectivity index (χ3n) is 4.03. The molecule has 0 saturated heterocycles. The highest BCUT2D eigenvalue weighted by molar-refractivity contribution is 8.00. The van der Waals surface area contributed by atoms with Crippen molar-refractivity contribution in [3.63, 3.8) is 0 Å². The number of benzene rings is 1. The van der Waals surface area contributed by atoms with Gasteiger partial charge in [-0.25, -0.2) is 0 Å². The Hall–Kier alpha value is -0.760. The second kappa shape index (κ2) is 2.08. The molecule has 0 N–H and O–H groups in total. The standard InChI is InChI=1S/C12H10OS/c13-8-5-6-12-7-3-1-2-4-9(7)14-11(12)10(8)12/h1-4,10-11H,5-6H2/t10-,11+,12-/m1/s1. The minimum absolute atomic E-state index is 0.290. The van der Waals surface area contributed by atoms with Crippen LogP contribution in [0.1, 0.15) is 18.4 Å². The molecule has 14 heavy (non-hydrogen) atoms. The Balaban J connectivity index is 1.94. The van der Waals surface area contributed by atoms with Crippen molar-refractivity contribution in [3.05, 3.63) is 29.8 Å². The smallest absolute Gasteiger partial charge is 0.138 e. The number of rotatable bonds is 0. The molecule has 2 aliphatic carbocycles. The van der Waals surface area contributed by atoms with Crippen molar-refractivity contribution in [1.82, 2.24) is 0 Å². The highest BCUT2D eigenvalue weighted by Gasteiger charge is 2.74. The fraction of sp³-hybridized carbons (Fsp3) is 0.417. The summed E-state index contributed by atoms with van der Waals surface area (Å²) in [7, 11) is 0. The van der Waals surface area contributed by atoms with Crippen LogP contribution in [-0.2, 0) is 10.2 Å². The van der Waals surface area contributed by atoms with Crippen molar-refractivity contribution < 1.29 is 4.79 Å². The molecule has 2 saturated carbocycles. The average Bonchev–Trinajstić information content (AvgIpc) is 2.54. The lowest BCUT2D eigenvalue weighted by atomic mass is 9.93. The third kappa shape index (κ3) is 0.602. The fourth-order valence-corrected chi connectivity index (χ4v) is 5.23. The summed E-state index contributed by atoms with van der Waals surface area (Å²) in [6.45, 7) is 0. The Morgan fingerprint density at radius 1 is 1.36 bits per heavy atom. The molecule has 1 aliphatic heterocycles. The molecule has 1 spiro atoms. The van der Waals surface area contributed by atoms with Crippen molar-refractivity contribution in [1.29, 1.82) is 0 Å². The van der Waals surface area contributed by atoms with Crippen LogP contribution in [0, 0.1) is 5.92 Å². The average molecular weight is 202 g/mol. The SMILES string of the molecule is O=C1CC[C@]23c4ccccc4S[C@H]2[C@@H]13. The maximum atomic E-state index is 11.6. The molecule has 70 valence electrons. The molecule has 1 heterocycles. The molecular weight excluding hydrogens is 192 g/mol. The van der Waals surface area contributed by atoms with Crippen LogP contribution in [0.15, 0.2) is 29.2 Å². The van der Waals surface area contributed by atoms with Crippen LogP contribution < -0.4 is 0 Å². The Morgan fingerprint density at radius 2 is 2.21 bits per heavy atom. The highest BCUT2D eigenvalue weighted by Crippen LogP contribution is 2.74. The van der Waals surface area contributed by atoms with Crippen molar-refractivity contribution in [3.8, 4) is 0 Å². The lowest BCUT2D eigenvalue weighted by molar-refractivity contribution is -0.119. The lowest BCUT2D eigenvalue weighted by Gasteiger charge is -2.09. The topological polar surface area (TPSA) is 17.1 Å². The number of thioether (sulfide) groups is 1. The zero-order valence-electron chi connectivity index (χ0n) is 7.69. The number of ketones is 1. The first-order chi connectivity index (χ1) is 6.84. The lowest BCUT2D eigenvalue weighted by Crippen LogP contribution is -2.05. The van der Waals surface area contributed by atoms with Crippen LogP contribution in [-0.4, -0.2) is 11.0 Å². The highest BCUT2D eigenvalue weighted by atomic mass is 32.2. The maximum Gasteiger partial charge on any atom is 0.138 e. The van der Waals surface area contributed by atoms with E-state index < -0.39 is 0 Å². The van der Waals surface area contributed by atoms with E-state index in [1.54, 1.807) is 0 Å². The van der Waals surface area contributed by atoms with Gasteiger partial charge < -0.3 is 0 Å². The van der Waals surface area contributed by atoms with Gasteiger partial charge >= 0.3 is 0 Å². The van der Waals surface area contributed by atoms with Gasteiger partial charge in [-0.15, -0.1) is 11.8 Å². The Labute approximate surface area is 86.9 Å². The summed E-state index contributed by atoms with van der Waals surface area (Å²) < 4.78 is 0. The number of Topliss-reactive ketones (excluding diaryl/α,β-unsaturated/α-hetero) is 1. The van der Waals surface area contributed by atoms with Gasteiger partial charge in [0.25, 0.3) is 0 Å². The maximum absolute atomic E-state index is 11.6. The number of hydrogen-bond acceptors (Lipinski definition) is 2. The van der Waals surface area contributed by atoms with Gasteiger partial charge in [0.15, 0.2) is 0 Å². The minimum atomic E-state index is 0.290. The minimum Gasteiger partial charge on any atom is -0.299 e. The summed E-state index contributed by atoms with van der Waals surface area (Å²) >= 11 is 1.93. The molecule has 4 rings (SSSR count). The number of carbonyl (C=O) groups is 1. The third-order valence-corrected chi connectivity index (χ3v) is 5.59. The number of hydrogen-bond donors (Lipinski definition) is 0. The van der Waals surface area contributed by atoms with Crippen molar-refractivity contribution in [2.24, 2.45) is 5.92 Å². The molecular formula is C12H10OS. The monoisotopic (exact) mass is 202 g/mol. The van der Waals surface area contributed by atoms with E-state index in [0.717, 1.165) is 12.8 Å². The van der Waals surface area contributed by atoms with E-state index in [1.165, 1.54) is 10.5 Å². The molecule has 0 aromatic heterocycles. The van der Waals surface area contributed by atoms with Crippen LogP contribution in [0.2, 0.25) is 0 Å². The van der Waals surface area contributed by atoms with Crippen LogP contribution in [0.4, 0.5) is 0 Å². The van der Waals surface area contributed by atoms with Crippen molar-refractivity contribution in [2.75, 3.05) is 0 Å². The molecule has 1 nitrogen and oxygen atoms in total. The van der Waals surface area contributed by atoms with E-state index in [2.05, 4.69) is 24.3 Å². The van der Waals surface area contributed by atoms with Gasteiger partial charge in [-0.2, -0.15) is 0 Å². The van der Waals surface area contributed by atoms with E-state index in [0.29, 0.717) is 22.4 Å². The molecule has 1 aromatic rings. The van der Waals surface area contributed by atoms with Gasteiger partial charge in [0.2, 0.25) is 0 Å². The Morgan fingerprint density at radius 3 is 3.14 bits per heavy atom. The molecule has 3 aliphatic rings. The molecule has 0 amide bonds. The van der Waals surface area contributed by atoms with E-state index in [1.807, 2.05) is 11.8 Å². The van der Waals surface area contributed by atoms with Crippen LogP contribution in [0.5, 0.6) is 0 Å². The first-order valence-corrected chi connectivity index (χ1v) is 6.01. The summed E-state index contributed by atoms with van der Waals surface area (Å²) in [5.74, 6) is 0.888. The largest absolute Gasteiger partial charge is 0.299 e. The van der Waals surface area contributed by atoms with Gasteiger partial charge in [-0.1, -0.05) is 18.2 Å². The second-order valence-electron chi connectivity index (χ2n) is 4.52. The van der Waals surface area contributed by atoms with Gasteiger partial charge in [0.1, 0.15) is 5.78 Å². The zero-order chi connectivity index (χ0) is 9.34. The number of fused-ring (bicyclic) bond motifs is 2. The fourth-order valence-electron chi connectivity index (χ4n) is 3.36. The summed E-state index contributed by atoms with van der Waals surface area (Å²) in [5.41, 5.74) is 1.75. The van der Waals surface area contributed by atoms with Crippen LogP contribution >= 0.6 is 11.8 Å². The first kappa shape index (κ1) is 7.52. The predicted octanol–water partition coefficient (Wildman–Crippen LogP) is 2.39. The van der Waals surface area contributed by atoms with E-state index in [-0.39, 0.29) is 0 Å². The van der Waals surface area contributed by atoms with Gasteiger partial charge in [0.05, 0.1) is 0 Å². The first-order valence-electron chi connectivity index (χ1n) is 5.13. The molecule has 2 heteroatoms. The van der Waals surface area contributed by atoms with Crippen molar-refractivity contribution >= 4 is 17.5 Å². The summed E-state index contributed by atoms with van der Waals surface area (Å²) in [6.07, 6.45) is 1.92. The summed E-state index contributed by atoms with van der Waals surface area (Å²) in [5, 5.41) is 0.598. The van der Waals surface area contributed by atoms with E-state index >= 15 is 0 Å². The van der Waals surface area contributed by atoms with Gasteiger partial charge in [-0.3, -0.25) is 4.79 Å². The van der Waals surface area contributed by atoms with Gasteiger partial charge in [0, 0.05) is 27.9 Å². The van der Waals surface area contributed by atoms with Crippen LogP contribution in [0.25, 0.3) is 0 Å². The Kier molecular flexibility index (Phi) is 1.12. The molecule has 0 bridgehead atoms. The van der Waals surface area contributed by atoms with Crippen LogP contribution in [0.3, 0.4) is 0 Å². The quantitative estimate of drug-likeness (QED) is 0.642. The molecule has 2 fully saturated rings. The predicted molar refractivity (Wildman–Crippen MR) is 55.5 cm³/mol. The molecule has 0 unspecified atom stereocenters. The second-order valence-corrected chi connectivity index (χ2v) is 5.70. The summed E-state index contributed by atoms with van der Waals surface area (Å²) in [6, 6.07) is 8.62. The molecule has 1 aromatic carbocycles. The number of carbonyl (C=O) groups excluding carboxylic acids is 1. The van der Waals surface area contributed by atoms with Crippen molar-refractivity contribution in [2.45, 2.75) is 28.4 Å². The molecule has 0 radical (unpaired) electrons. The van der Waals surface area contributed by atoms with Gasteiger partial charge in [-0.05, 0) is 18.1 Å². The normalized spacial score (nSPS) is 41.9. The summed E-state index contributed by atoms with van der Waals surface area (Å²) in [4.78, 5) is 13.0. The van der Waals surface area contributed by atoms with E-state index in [4.69, 9.17) is 0 Å². The molecule has 3 atom stereocenters. The Bertz CT molecular complexity index is 453. The van der Waals surface area contributed by atoms with E-state index in [9.17, 15) is 4.79 Å².